The lowest BCUT2D eigenvalue weighted by atomic mass is 10.1. The first kappa shape index (κ1) is 18.1. The van der Waals surface area contributed by atoms with Gasteiger partial charge in [0.05, 0.1) is 4.47 Å². The van der Waals surface area contributed by atoms with Gasteiger partial charge in [0.15, 0.2) is 6.04 Å². The van der Waals surface area contributed by atoms with Crippen molar-refractivity contribution >= 4 is 27.7 Å². The van der Waals surface area contributed by atoms with E-state index in [0.29, 0.717) is 16.5 Å². The van der Waals surface area contributed by atoms with Crippen LogP contribution in [0.3, 0.4) is 0 Å². The smallest absolute Gasteiger partial charge is 0.248 e. The van der Waals surface area contributed by atoms with Crippen LogP contribution in [0.1, 0.15) is 18.4 Å². The number of carbonyl (C=O) groups excluding carboxylic acids is 2. The van der Waals surface area contributed by atoms with E-state index < -0.39 is 17.9 Å². The maximum Gasteiger partial charge on any atom is 0.248 e. The lowest BCUT2D eigenvalue weighted by Crippen LogP contribution is -2.35. The summed E-state index contributed by atoms with van der Waals surface area (Å²) >= 11 is 3.15. The Bertz CT molecular complexity index is 552. The van der Waals surface area contributed by atoms with Crippen LogP contribution in [0.15, 0.2) is 27.8 Å². The van der Waals surface area contributed by atoms with Gasteiger partial charge in [0.2, 0.25) is 11.8 Å². The predicted molar refractivity (Wildman–Crippen MR) is 81.3 cm³/mol. The number of halogens is 1. The summed E-state index contributed by atoms with van der Waals surface area (Å²) in [6.45, 7) is 0.192. The standard InChI is InChI=1S/C13H16BrN3O5/c14-9-6-8(3-4-11(9)18)7-10(16-21)13(20)15-5-1-2-12(19)17-22/h3-4,6,10,18,22H,1-2,5,7H2,(H,15,20)(H,17,19). The van der Waals surface area contributed by atoms with Gasteiger partial charge in [-0.05, 0) is 40.0 Å². The Labute approximate surface area is 135 Å². The van der Waals surface area contributed by atoms with Gasteiger partial charge in [0.1, 0.15) is 5.75 Å². The topological polar surface area (TPSA) is 128 Å². The average molecular weight is 374 g/mol. The average Bonchev–Trinajstić information content (AvgIpc) is 2.51. The number of nitrogens with one attached hydrogen (secondary N) is 2. The highest BCUT2D eigenvalue weighted by Crippen LogP contribution is 2.25. The van der Waals surface area contributed by atoms with Gasteiger partial charge in [-0.1, -0.05) is 11.2 Å². The Morgan fingerprint density at radius 3 is 2.68 bits per heavy atom. The number of amides is 2. The second-order valence-corrected chi connectivity index (χ2v) is 5.39. The Hall–Kier alpha value is -2.00. The summed E-state index contributed by atoms with van der Waals surface area (Å²) in [6, 6.07) is 3.55. The number of nitroso groups, excluding NO2 is 1. The molecule has 0 spiro atoms. The summed E-state index contributed by atoms with van der Waals surface area (Å²) in [5, 5.41) is 23.0. The Morgan fingerprint density at radius 2 is 2.09 bits per heavy atom. The number of rotatable bonds is 8. The number of carbonyl (C=O) groups is 2. The van der Waals surface area contributed by atoms with E-state index in [-0.39, 0.29) is 25.1 Å². The lowest BCUT2D eigenvalue weighted by Gasteiger charge is -2.10. The third kappa shape index (κ3) is 5.78. The van der Waals surface area contributed by atoms with E-state index in [9.17, 15) is 19.6 Å². The highest BCUT2D eigenvalue weighted by Gasteiger charge is 2.19. The van der Waals surface area contributed by atoms with Gasteiger partial charge in [-0.3, -0.25) is 14.8 Å². The maximum atomic E-state index is 11.8. The molecule has 0 radical (unpaired) electrons. The van der Waals surface area contributed by atoms with Crippen molar-refractivity contribution in [3.63, 3.8) is 0 Å². The van der Waals surface area contributed by atoms with Crippen LogP contribution in [-0.2, 0) is 16.0 Å². The molecule has 0 fully saturated rings. The van der Waals surface area contributed by atoms with Crippen molar-refractivity contribution in [2.45, 2.75) is 25.3 Å². The summed E-state index contributed by atoms with van der Waals surface area (Å²) in [6.07, 6.45) is 0.487. The number of benzene rings is 1. The van der Waals surface area contributed by atoms with E-state index in [0.717, 1.165) is 0 Å². The van der Waals surface area contributed by atoms with Crippen molar-refractivity contribution in [3.05, 3.63) is 33.1 Å². The van der Waals surface area contributed by atoms with Crippen LogP contribution >= 0.6 is 15.9 Å². The Balaban J connectivity index is 2.49. The molecule has 1 rings (SSSR count). The van der Waals surface area contributed by atoms with Gasteiger partial charge in [0.25, 0.3) is 0 Å². The van der Waals surface area contributed by atoms with Gasteiger partial charge < -0.3 is 10.4 Å². The quantitative estimate of drug-likeness (QED) is 0.236. The summed E-state index contributed by atoms with van der Waals surface area (Å²) in [5.41, 5.74) is 2.15. The van der Waals surface area contributed by atoms with Crippen molar-refractivity contribution in [1.29, 1.82) is 0 Å². The molecule has 0 saturated carbocycles. The van der Waals surface area contributed by atoms with E-state index in [4.69, 9.17) is 5.21 Å². The van der Waals surface area contributed by atoms with Crippen LogP contribution in [0.25, 0.3) is 0 Å². The van der Waals surface area contributed by atoms with E-state index in [1.54, 1.807) is 12.1 Å². The molecule has 0 bridgehead atoms. The fourth-order valence-corrected chi connectivity index (χ4v) is 2.14. The molecular weight excluding hydrogens is 358 g/mol. The molecule has 1 aromatic rings. The number of phenols is 1. The minimum Gasteiger partial charge on any atom is -0.507 e. The van der Waals surface area contributed by atoms with Crippen LogP contribution in [0.2, 0.25) is 0 Å². The molecule has 22 heavy (non-hydrogen) atoms. The number of hydrogen-bond donors (Lipinski definition) is 4. The van der Waals surface area contributed by atoms with Crippen LogP contribution in [0.4, 0.5) is 0 Å². The van der Waals surface area contributed by atoms with Crippen molar-refractivity contribution in [2.24, 2.45) is 5.18 Å². The van der Waals surface area contributed by atoms with Gasteiger partial charge in [-0.2, -0.15) is 0 Å². The second-order valence-electron chi connectivity index (χ2n) is 4.54. The van der Waals surface area contributed by atoms with E-state index in [1.165, 1.54) is 11.5 Å². The van der Waals surface area contributed by atoms with Crippen LogP contribution in [0, 0.1) is 4.91 Å². The molecule has 9 heteroatoms. The van der Waals surface area contributed by atoms with Gasteiger partial charge in [0, 0.05) is 19.4 Å². The molecule has 1 unspecified atom stereocenters. The zero-order chi connectivity index (χ0) is 16.5. The molecule has 1 atom stereocenters. The molecule has 0 aliphatic heterocycles. The molecule has 4 N–H and O–H groups in total. The lowest BCUT2D eigenvalue weighted by molar-refractivity contribution is -0.129. The zero-order valence-corrected chi connectivity index (χ0v) is 13.2. The summed E-state index contributed by atoms with van der Waals surface area (Å²) in [7, 11) is 0. The molecule has 1 aromatic carbocycles. The highest BCUT2D eigenvalue weighted by molar-refractivity contribution is 9.10. The summed E-state index contributed by atoms with van der Waals surface area (Å²) in [4.78, 5) is 33.4. The SMILES string of the molecule is O=NC(Cc1ccc(O)c(Br)c1)C(=O)NCCCC(=O)NO. The fraction of sp³-hybridized carbons (Fsp3) is 0.385. The third-order valence-corrected chi connectivity index (χ3v) is 3.51. The molecule has 0 heterocycles. The zero-order valence-electron chi connectivity index (χ0n) is 11.6. The Kier molecular flexibility index (Phi) is 7.47. The van der Waals surface area contributed by atoms with Crippen LogP contribution in [-0.4, -0.2) is 34.7 Å². The van der Waals surface area contributed by atoms with Crippen molar-refractivity contribution in [1.82, 2.24) is 10.8 Å². The van der Waals surface area contributed by atoms with Crippen molar-refractivity contribution in [3.8, 4) is 5.75 Å². The molecule has 0 aromatic heterocycles. The largest absolute Gasteiger partial charge is 0.507 e. The first-order valence-electron chi connectivity index (χ1n) is 6.48. The molecule has 0 aliphatic rings. The molecule has 0 saturated heterocycles. The first-order chi connectivity index (χ1) is 10.5. The number of phenolic OH excluding ortho intramolecular Hbond substituents is 1. The summed E-state index contributed by atoms with van der Waals surface area (Å²) in [5.74, 6) is -1.03. The number of nitrogens with zero attached hydrogens (tertiary/aromatic N) is 1. The molecule has 0 aliphatic carbocycles. The van der Waals surface area contributed by atoms with Crippen LogP contribution < -0.4 is 10.8 Å². The van der Waals surface area contributed by atoms with E-state index >= 15 is 0 Å². The van der Waals surface area contributed by atoms with E-state index in [1.807, 2.05) is 0 Å². The normalized spacial score (nSPS) is 11.5. The maximum absolute atomic E-state index is 11.8. The van der Waals surface area contributed by atoms with Gasteiger partial charge >= 0.3 is 0 Å². The number of hydroxylamine groups is 1. The third-order valence-electron chi connectivity index (χ3n) is 2.88. The minimum absolute atomic E-state index is 0.0564. The molecule has 2 amide bonds. The van der Waals surface area contributed by atoms with Gasteiger partial charge in [-0.25, -0.2) is 5.48 Å². The Morgan fingerprint density at radius 1 is 1.36 bits per heavy atom. The van der Waals surface area contributed by atoms with Crippen molar-refractivity contribution < 1.29 is 19.9 Å². The molecule has 8 nitrogen and oxygen atoms in total. The molecular formula is C13H16BrN3O5. The minimum atomic E-state index is -1.09. The van der Waals surface area contributed by atoms with Gasteiger partial charge in [-0.15, -0.1) is 4.91 Å². The highest BCUT2D eigenvalue weighted by atomic mass is 79.9. The number of hydrogen-bond acceptors (Lipinski definition) is 6. The number of aromatic hydroxyl groups is 1. The monoisotopic (exact) mass is 373 g/mol. The predicted octanol–water partition coefficient (Wildman–Crippen LogP) is 1.23. The van der Waals surface area contributed by atoms with E-state index in [2.05, 4.69) is 26.4 Å². The summed E-state index contributed by atoms with van der Waals surface area (Å²) < 4.78 is 0.463. The fourth-order valence-electron chi connectivity index (χ4n) is 1.71. The second kappa shape index (κ2) is 9.11. The molecule has 120 valence electrons. The van der Waals surface area contributed by atoms with Crippen LogP contribution in [0.5, 0.6) is 5.75 Å². The van der Waals surface area contributed by atoms with Crippen molar-refractivity contribution in [2.75, 3.05) is 6.54 Å². The first-order valence-corrected chi connectivity index (χ1v) is 7.27.